The van der Waals surface area contributed by atoms with Gasteiger partial charge in [-0.2, -0.15) is 0 Å². The number of rotatable bonds is 4. The van der Waals surface area contributed by atoms with Crippen LogP contribution in [-0.4, -0.2) is 28.4 Å². The molecule has 1 fully saturated rings. The summed E-state index contributed by atoms with van der Waals surface area (Å²) in [5, 5.41) is 0. The zero-order valence-electron chi connectivity index (χ0n) is 9.84. The van der Waals surface area contributed by atoms with Crippen LogP contribution in [0.4, 0.5) is 0 Å². The quantitative estimate of drug-likeness (QED) is 0.582. The minimum absolute atomic E-state index is 0.00370. The molecule has 0 aromatic carbocycles. The number of carbonyl (C=O) groups is 2. The fourth-order valence-corrected chi connectivity index (χ4v) is 1.79. The fraction of sp³-hybridized carbons (Fsp3) is 0.417. The second kappa shape index (κ2) is 4.16. The Morgan fingerprint density at radius 1 is 1.53 bits per heavy atom. The number of hydrogen-bond donors (Lipinski definition) is 0. The van der Waals surface area contributed by atoms with E-state index in [1.807, 2.05) is 6.08 Å². The highest BCUT2D eigenvalue weighted by Crippen LogP contribution is 2.45. The van der Waals surface area contributed by atoms with Gasteiger partial charge in [0.05, 0.1) is 25.2 Å². The van der Waals surface area contributed by atoms with Gasteiger partial charge in [0, 0.05) is 0 Å². The van der Waals surface area contributed by atoms with Gasteiger partial charge >= 0.3 is 5.97 Å². The maximum Gasteiger partial charge on any atom is 0.356 e. The molecule has 5 heteroatoms. The van der Waals surface area contributed by atoms with E-state index in [9.17, 15) is 9.59 Å². The van der Waals surface area contributed by atoms with E-state index < -0.39 is 5.97 Å². The van der Waals surface area contributed by atoms with Crippen LogP contribution in [0.15, 0.2) is 24.7 Å². The lowest BCUT2D eigenvalue weighted by molar-refractivity contribution is -0.112. The zero-order valence-corrected chi connectivity index (χ0v) is 9.84. The Kier molecular flexibility index (Phi) is 2.83. The van der Waals surface area contributed by atoms with Crippen LogP contribution in [-0.2, 0) is 15.1 Å². The highest BCUT2D eigenvalue weighted by Gasteiger charge is 2.44. The summed E-state index contributed by atoms with van der Waals surface area (Å²) in [4.78, 5) is 26.5. The monoisotopic (exact) mass is 234 g/mol. The molecule has 0 saturated heterocycles. The normalized spacial score (nSPS) is 17.1. The SMILES string of the molecule is COC(=O)c1cncn1C1(/C=C/C(C)=O)CC1. The number of esters is 1. The first-order chi connectivity index (χ1) is 8.09. The maximum absolute atomic E-state index is 11.5. The largest absolute Gasteiger partial charge is 0.464 e. The van der Waals surface area contributed by atoms with Crippen molar-refractivity contribution in [2.24, 2.45) is 0 Å². The summed E-state index contributed by atoms with van der Waals surface area (Å²) in [5.41, 5.74) is 0.143. The second-order valence-corrected chi connectivity index (χ2v) is 4.19. The van der Waals surface area contributed by atoms with Crippen molar-refractivity contribution in [2.45, 2.75) is 25.3 Å². The predicted molar refractivity (Wildman–Crippen MR) is 60.6 cm³/mol. The molecule has 90 valence electrons. The average Bonchev–Trinajstić information content (AvgIpc) is 2.94. The van der Waals surface area contributed by atoms with Gasteiger partial charge in [-0.15, -0.1) is 0 Å². The van der Waals surface area contributed by atoms with Crippen molar-refractivity contribution >= 4 is 11.8 Å². The number of aromatic nitrogens is 2. The van der Waals surface area contributed by atoms with Gasteiger partial charge < -0.3 is 9.30 Å². The van der Waals surface area contributed by atoms with Crippen molar-refractivity contribution in [1.82, 2.24) is 9.55 Å². The second-order valence-electron chi connectivity index (χ2n) is 4.19. The lowest BCUT2D eigenvalue weighted by atomic mass is 10.2. The van der Waals surface area contributed by atoms with Gasteiger partial charge in [0.25, 0.3) is 0 Å². The molecule has 5 nitrogen and oxygen atoms in total. The highest BCUT2D eigenvalue weighted by molar-refractivity contribution is 5.88. The lowest BCUT2D eigenvalue weighted by Crippen LogP contribution is -2.19. The molecule has 0 atom stereocenters. The molecule has 0 aliphatic heterocycles. The van der Waals surface area contributed by atoms with Crippen LogP contribution in [0.2, 0.25) is 0 Å². The van der Waals surface area contributed by atoms with Crippen molar-refractivity contribution in [3.8, 4) is 0 Å². The van der Waals surface area contributed by atoms with Gasteiger partial charge in [-0.05, 0) is 25.8 Å². The van der Waals surface area contributed by atoms with E-state index in [-0.39, 0.29) is 11.3 Å². The molecule has 0 N–H and O–H groups in total. The third-order valence-corrected chi connectivity index (χ3v) is 2.90. The Bertz CT molecular complexity index is 484. The average molecular weight is 234 g/mol. The van der Waals surface area contributed by atoms with Crippen LogP contribution in [0, 0.1) is 0 Å². The molecular formula is C12H14N2O3. The first-order valence-corrected chi connectivity index (χ1v) is 5.40. The van der Waals surface area contributed by atoms with Crippen LogP contribution in [0.5, 0.6) is 0 Å². The fourth-order valence-electron chi connectivity index (χ4n) is 1.79. The summed E-state index contributed by atoms with van der Waals surface area (Å²) in [5.74, 6) is -0.416. The number of allylic oxidation sites excluding steroid dienone is 2. The lowest BCUT2D eigenvalue weighted by Gasteiger charge is -2.14. The van der Waals surface area contributed by atoms with E-state index >= 15 is 0 Å². The zero-order chi connectivity index (χ0) is 12.5. The Labute approximate surface area is 99.1 Å². The maximum atomic E-state index is 11.5. The molecule has 0 spiro atoms. The topological polar surface area (TPSA) is 61.2 Å². The van der Waals surface area contributed by atoms with Crippen molar-refractivity contribution < 1.29 is 14.3 Å². The van der Waals surface area contributed by atoms with Crippen molar-refractivity contribution in [3.05, 3.63) is 30.4 Å². The number of hydrogen-bond acceptors (Lipinski definition) is 4. The Hall–Kier alpha value is -1.91. The molecule has 0 amide bonds. The van der Waals surface area contributed by atoms with Gasteiger partial charge in [0.2, 0.25) is 0 Å². The predicted octanol–water partition coefficient (Wildman–Crippen LogP) is 1.30. The molecule has 0 bridgehead atoms. The molecule has 1 heterocycles. The first kappa shape index (κ1) is 11.6. The number of ether oxygens (including phenoxy) is 1. The van der Waals surface area contributed by atoms with Gasteiger partial charge in [0.1, 0.15) is 5.69 Å². The minimum Gasteiger partial charge on any atom is -0.464 e. The van der Waals surface area contributed by atoms with E-state index in [1.165, 1.54) is 26.3 Å². The molecule has 1 aromatic rings. The standard InChI is InChI=1S/C12H14N2O3/c1-9(15)3-4-12(5-6-12)14-8-13-7-10(14)11(16)17-2/h3-4,7-8H,5-6H2,1-2H3/b4-3+. The van der Waals surface area contributed by atoms with Gasteiger partial charge in [0.15, 0.2) is 5.78 Å². The molecule has 1 aliphatic rings. The first-order valence-electron chi connectivity index (χ1n) is 5.40. The summed E-state index contributed by atoms with van der Waals surface area (Å²) >= 11 is 0. The molecule has 0 radical (unpaired) electrons. The summed E-state index contributed by atoms with van der Waals surface area (Å²) < 4.78 is 6.47. The molecule has 17 heavy (non-hydrogen) atoms. The molecular weight excluding hydrogens is 220 g/mol. The summed E-state index contributed by atoms with van der Waals surface area (Å²) in [6.45, 7) is 1.50. The third-order valence-electron chi connectivity index (χ3n) is 2.90. The van der Waals surface area contributed by atoms with Crippen LogP contribution >= 0.6 is 0 Å². The molecule has 1 saturated carbocycles. The number of carbonyl (C=O) groups excluding carboxylic acids is 2. The third kappa shape index (κ3) is 2.13. The number of methoxy groups -OCH3 is 1. The van der Waals surface area contributed by atoms with Crippen molar-refractivity contribution in [1.29, 1.82) is 0 Å². The summed E-state index contributed by atoms with van der Waals surface area (Å²) in [6, 6.07) is 0. The number of nitrogens with zero attached hydrogens (tertiary/aromatic N) is 2. The van der Waals surface area contributed by atoms with E-state index in [2.05, 4.69) is 4.98 Å². The molecule has 2 rings (SSSR count). The van der Waals surface area contributed by atoms with E-state index in [1.54, 1.807) is 10.9 Å². The highest BCUT2D eigenvalue weighted by atomic mass is 16.5. The van der Waals surface area contributed by atoms with E-state index in [0.717, 1.165) is 12.8 Å². The minimum atomic E-state index is -0.412. The Balaban J connectivity index is 2.31. The van der Waals surface area contributed by atoms with Crippen LogP contribution in [0.25, 0.3) is 0 Å². The molecule has 0 unspecified atom stereocenters. The van der Waals surface area contributed by atoms with E-state index in [4.69, 9.17) is 4.74 Å². The smallest absolute Gasteiger partial charge is 0.356 e. The van der Waals surface area contributed by atoms with Crippen LogP contribution in [0.3, 0.4) is 0 Å². The molecule has 1 aromatic heterocycles. The Morgan fingerprint density at radius 3 is 2.76 bits per heavy atom. The Morgan fingerprint density at radius 2 is 2.24 bits per heavy atom. The van der Waals surface area contributed by atoms with Crippen molar-refractivity contribution in [3.63, 3.8) is 0 Å². The summed E-state index contributed by atoms with van der Waals surface area (Å²) in [6.07, 6.45) is 8.25. The van der Waals surface area contributed by atoms with Crippen LogP contribution in [0.1, 0.15) is 30.3 Å². The van der Waals surface area contributed by atoms with Crippen LogP contribution < -0.4 is 0 Å². The molecule has 1 aliphatic carbocycles. The number of imidazole rings is 1. The van der Waals surface area contributed by atoms with Gasteiger partial charge in [-0.1, -0.05) is 6.08 Å². The number of ketones is 1. The van der Waals surface area contributed by atoms with Crippen molar-refractivity contribution in [2.75, 3.05) is 7.11 Å². The van der Waals surface area contributed by atoms with Gasteiger partial charge in [-0.3, -0.25) is 4.79 Å². The van der Waals surface area contributed by atoms with E-state index in [0.29, 0.717) is 5.69 Å². The summed E-state index contributed by atoms with van der Waals surface area (Å²) in [7, 11) is 1.34. The van der Waals surface area contributed by atoms with Gasteiger partial charge in [-0.25, -0.2) is 9.78 Å².